The van der Waals surface area contributed by atoms with Gasteiger partial charge in [0.2, 0.25) is 15.9 Å². The van der Waals surface area contributed by atoms with Gasteiger partial charge in [-0.25, -0.2) is 13.1 Å². The Morgan fingerprint density at radius 1 is 1.02 bits per heavy atom. The minimum Gasteiger partial charge on any atom is -0.487 e. The number of sulfonamides is 1. The highest BCUT2D eigenvalue weighted by Crippen LogP contribution is 2.42. The van der Waals surface area contributed by atoms with Crippen molar-refractivity contribution < 1.29 is 27.5 Å². The Bertz CT molecular complexity index is 1690. The Kier molecular flexibility index (Phi) is 12.3. The van der Waals surface area contributed by atoms with E-state index in [9.17, 15) is 18.0 Å². The molecule has 2 aromatic rings. The molecule has 0 aromatic heterocycles. The minimum atomic E-state index is -3.94. The summed E-state index contributed by atoms with van der Waals surface area (Å²) in [4.78, 5) is 31.9. The van der Waals surface area contributed by atoms with Crippen LogP contribution in [-0.4, -0.2) is 93.8 Å². The third-order valence-electron chi connectivity index (χ3n) is 11.5. The highest BCUT2D eigenvalue weighted by molar-refractivity contribution is 7.90. The molecule has 1 saturated heterocycles. The van der Waals surface area contributed by atoms with E-state index in [1.165, 1.54) is 5.56 Å². The Hall–Kier alpha value is -3.12. The summed E-state index contributed by atoms with van der Waals surface area (Å²) in [5, 5.41) is -0.0708. The number of rotatable bonds is 4. The van der Waals surface area contributed by atoms with Crippen molar-refractivity contribution in [3.8, 4) is 5.75 Å². The number of fused-ring (bicyclic) bond motifs is 3. The lowest BCUT2D eigenvalue weighted by atomic mass is 9.70. The second kappa shape index (κ2) is 16.7. The molecule has 51 heavy (non-hydrogen) atoms. The smallest absolute Gasteiger partial charge is 0.264 e. The number of carbonyl (C=O) groups excluding carboxylic acids is 2. The lowest BCUT2D eigenvalue weighted by Crippen LogP contribution is -2.49. The van der Waals surface area contributed by atoms with Crippen LogP contribution < -0.4 is 14.4 Å². The first kappa shape index (κ1) is 37.6. The van der Waals surface area contributed by atoms with E-state index in [1.807, 2.05) is 30.0 Å². The number of allylic oxidation sites excluding steroid dienone is 1. The van der Waals surface area contributed by atoms with Gasteiger partial charge in [0.05, 0.1) is 23.6 Å². The maximum atomic E-state index is 13.5. The van der Waals surface area contributed by atoms with E-state index in [1.54, 1.807) is 32.0 Å². The van der Waals surface area contributed by atoms with E-state index in [0.29, 0.717) is 42.2 Å². The van der Waals surface area contributed by atoms with Gasteiger partial charge >= 0.3 is 0 Å². The van der Waals surface area contributed by atoms with Crippen LogP contribution >= 0.6 is 11.6 Å². The molecule has 4 aliphatic rings. The average Bonchev–Trinajstić information content (AvgIpc) is 3.12. The maximum absolute atomic E-state index is 13.5. The van der Waals surface area contributed by atoms with Crippen LogP contribution in [0.25, 0.3) is 0 Å². The number of anilines is 1. The summed E-state index contributed by atoms with van der Waals surface area (Å²) in [7, 11) is -3.94. The number of piperazine rings is 1. The zero-order chi connectivity index (χ0) is 36.1. The molecule has 0 spiro atoms. The molecule has 2 aromatic carbocycles. The SMILES string of the molecule is CC(=O)N1CCN(CCOC2/C=C/CC(C)C(C)S(=O)(=O)NC(=O)c3ccc4c(c3)N(CCCCc3cc(Cl)ccc3CO4)CC3CCC32)CC1. The number of hydrogen-bond acceptors (Lipinski definition) is 8. The van der Waals surface area contributed by atoms with E-state index < -0.39 is 21.2 Å². The van der Waals surface area contributed by atoms with Crippen molar-refractivity contribution in [2.24, 2.45) is 17.8 Å². The zero-order valence-corrected chi connectivity index (χ0v) is 31.8. The van der Waals surface area contributed by atoms with Gasteiger partial charge in [0.15, 0.2) is 0 Å². The Morgan fingerprint density at radius 3 is 2.57 bits per heavy atom. The molecule has 2 bridgehead atoms. The maximum Gasteiger partial charge on any atom is 0.264 e. The van der Waals surface area contributed by atoms with E-state index in [-0.39, 0.29) is 23.5 Å². The van der Waals surface area contributed by atoms with E-state index >= 15 is 0 Å². The minimum absolute atomic E-state index is 0.0979. The number of halogens is 1. The number of hydrogen-bond donors (Lipinski definition) is 1. The second-order valence-electron chi connectivity index (χ2n) is 14.8. The van der Waals surface area contributed by atoms with E-state index in [2.05, 4.69) is 26.7 Å². The number of nitrogens with one attached hydrogen (secondary N) is 1. The molecule has 5 atom stereocenters. The number of amides is 2. The third-order valence-corrected chi connectivity index (χ3v) is 13.6. The number of ether oxygens (including phenoxy) is 2. The zero-order valence-electron chi connectivity index (χ0n) is 30.2. The fourth-order valence-electron chi connectivity index (χ4n) is 7.75. The van der Waals surface area contributed by atoms with Gasteiger partial charge in [-0.15, -0.1) is 0 Å². The van der Waals surface area contributed by atoms with Crippen LogP contribution in [0, 0.1) is 17.8 Å². The van der Waals surface area contributed by atoms with Gasteiger partial charge in [-0.1, -0.05) is 36.7 Å². The lowest BCUT2D eigenvalue weighted by Gasteiger charge is -2.44. The van der Waals surface area contributed by atoms with Gasteiger partial charge < -0.3 is 19.3 Å². The topological polar surface area (TPSA) is 108 Å². The molecule has 5 unspecified atom stereocenters. The molecule has 1 N–H and O–H groups in total. The molecule has 0 radical (unpaired) electrons. The molecular weight excluding hydrogens is 688 g/mol. The summed E-state index contributed by atoms with van der Waals surface area (Å²) >= 11 is 6.37. The quantitative estimate of drug-likeness (QED) is 0.399. The first-order valence-corrected chi connectivity index (χ1v) is 20.5. The van der Waals surface area contributed by atoms with Crippen molar-refractivity contribution in [3.63, 3.8) is 0 Å². The van der Waals surface area contributed by atoms with Crippen molar-refractivity contribution in [2.45, 2.75) is 77.3 Å². The molecule has 2 amide bonds. The fourth-order valence-corrected chi connectivity index (χ4v) is 9.23. The fraction of sp³-hybridized carbons (Fsp3) is 0.590. The second-order valence-corrected chi connectivity index (χ2v) is 17.3. The van der Waals surface area contributed by atoms with Gasteiger partial charge in [-0.3, -0.25) is 14.5 Å². The van der Waals surface area contributed by atoms with Crippen molar-refractivity contribution in [1.29, 1.82) is 0 Å². The van der Waals surface area contributed by atoms with Crippen LogP contribution in [0.3, 0.4) is 0 Å². The first-order valence-electron chi connectivity index (χ1n) is 18.6. The summed E-state index contributed by atoms with van der Waals surface area (Å²) in [6.07, 6.45) is 9.59. The van der Waals surface area contributed by atoms with Gasteiger partial charge in [0.1, 0.15) is 12.4 Å². The molecule has 1 saturated carbocycles. The van der Waals surface area contributed by atoms with Crippen LogP contribution in [0.15, 0.2) is 48.6 Å². The number of benzene rings is 2. The largest absolute Gasteiger partial charge is 0.487 e. The van der Waals surface area contributed by atoms with Gasteiger partial charge in [-0.05, 0) is 105 Å². The molecule has 1 aliphatic carbocycles. The molecule has 12 heteroatoms. The Morgan fingerprint density at radius 2 is 1.82 bits per heavy atom. The van der Waals surface area contributed by atoms with Gasteiger partial charge in [0, 0.05) is 63.3 Å². The van der Waals surface area contributed by atoms with Crippen LogP contribution in [0.2, 0.25) is 5.02 Å². The summed E-state index contributed by atoms with van der Waals surface area (Å²) < 4.78 is 42.4. The molecular formula is C39H53ClN4O6S. The predicted octanol–water partition coefficient (Wildman–Crippen LogP) is 5.68. The molecule has 3 heterocycles. The van der Waals surface area contributed by atoms with Crippen LogP contribution in [0.5, 0.6) is 5.75 Å². The number of carbonyl (C=O) groups is 2. The molecule has 2 fully saturated rings. The Balaban J connectivity index is 1.27. The van der Waals surface area contributed by atoms with Crippen LogP contribution in [0.1, 0.15) is 74.4 Å². The summed E-state index contributed by atoms with van der Waals surface area (Å²) in [6, 6.07) is 11.2. The molecule has 6 rings (SSSR count). The predicted molar refractivity (Wildman–Crippen MR) is 201 cm³/mol. The van der Waals surface area contributed by atoms with Crippen LogP contribution in [-0.2, 0) is 32.6 Å². The third kappa shape index (κ3) is 9.28. The summed E-state index contributed by atoms with van der Waals surface area (Å²) in [5.74, 6) is 0.610. The van der Waals surface area contributed by atoms with Gasteiger partial charge in [0.25, 0.3) is 5.91 Å². The summed E-state index contributed by atoms with van der Waals surface area (Å²) in [5.41, 5.74) is 3.35. The van der Waals surface area contributed by atoms with Crippen molar-refractivity contribution in [2.75, 3.05) is 57.3 Å². The number of aryl methyl sites for hydroxylation is 1. The average molecular weight is 741 g/mol. The van der Waals surface area contributed by atoms with Crippen molar-refractivity contribution in [3.05, 3.63) is 70.3 Å². The summed E-state index contributed by atoms with van der Waals surface area (Å²) in [6.45, 7) is 11.6. The highest BCUT2D eigenvalue weighted by Gasteiger charge is 2.38. The van der Waals surface area contributed by atoms with Crippen LogP contribution in [0.4, 0.5) is 5.69 Å². The standard InChI is InChI=1S/C39H53ClN4O6S/c1-27-7-6-9-37(49-22-21-42-17-19-43(20-18-42)29(3)45)35-14-11-32(35)25-44-16-5-4-8-30-23-34(40)13-10-33(30)26-50-38-15-12-31(24-36(38)44)39(46)41-51(47,48)28(27)2/h6,9-10,12-13,15,23-24,27-28,32,35,37H,4-5,7-8,11,14,16-22,25-26H2,1-3H3,(H,41,46)/b9-6+. The first-order chi connectivity index (χ1) is 24.5. The number of nitrogens with zero attached hydrogens (tertiary/aromatic N) is 3. The molecule has 10 nitrogen and oxygen atoms in total. The Labute approximate surface area is 308 Å². The normalized spacial score (nSPS) is 28.2. The van der Waals surface area contributed by atoms with Crippen molar-refractivity contribution >= 4 is 39.1 Å². The monoisotopic (exact) mass is 740 g/mol. The van der Waals surface area contributed by atoms with E-state index in [0.717, 1.165) is 89.2 Å². The van der Waals surface area contributed by atoms with Crippen molar-refractivity contribution in [1.82, 2.24) is 14.5 Å². The van der Waals surface area contributed by atoms with Gasteiger partial charge in [-0.2, -0.15) is 0 Å². The molecule has 278 valence electrons. The highest BCUT2D eigenvalue weighted by atomic mass is 35.5. The van der Waals surface area contributed by atoms with E-state index in [4.69, 9.17) is 21.1 Å². The molecule has 3 aliphatic heterocycles. The lowest BCUT2D eigenvalue weighted by molar-refractivity contribution is -0.130.